The van der Waals surface area contributed by atoms with E-state index in [-0.39, 0.29) is 5.92 Å². The molecule has 3 heteroatoms. The lowest BCUT2D eigenvalue weighted by Crippen LogP contribution is -2.35. The van der Waals surface area contributed by atoms with Gasteiger partial charge in [0.15, 0.2) is 0 Å². The Morgan fingerprint density at radius 2 is 2.12 bits per heavy atom. The van der Waals surface area contributed by atoms with Crippen LogP contribution >= 0.6 is 0 Å². The van der Waals surface area contributed by atoms with E-state index in [0.717, 1.165) is 12.3 Å². The Morgan fingerprint density at radius 3 is 2.56 bits per heavy atom. The summed E-state index contributed by atoms with van der Waals surface area (Å²) in [5.74, 6) is 0.361. The molecule has 16 heavy (non-hydrogen) atoms. The van der Waals surface area contributed by atoms with Crippen LogP contribution in [0, 0.1) is 17.8 Å². The maximum Gasteiger partial charge on any atom is 0.307 e. The van der Waals surface area contributed by atoms with E-state index in [1.807, 2.05) is 0 Å². The van der Waals surface area contributed by atoms with E-state index < -0.39 is 5.97 Å². The van der Waals surface area contributed by atoms with Crippen molar-refractivity contribution < 1.29 is 9.90 Å². The predicted molar refractivity (Wildman–Crippen MR) is 65.4 cm³/mol. The molecule has 0 bridgehead atoms. The molecule has 0 amide bonds. The van der Waals surface area contributed by atoms with Crippen molar-refractivity contribution in [2.24, 2.45) is 17.8 Å². The molecule has 1 saturated carbocycles. The van der Waals surface area contributed by atoms with Crippen molar-refractivity contribution in [3.63, 3.8) is 0 Å². The minimum absolute atomic E-state index is 0.226. The third-order valence-corrected chi connectivity index (χ3v) is 3.45. The van der Waals surface area contributed by atoms with Gasteiger partial charge in [-0.1, -0.05) is 20.8 Å². The van der Waals surface area contributed by atoms with Crippen LogP contribution in [-0.4, -0.2) is 23.7 Å². The van der Waals surface area contributed by atoms with E-state index in [1.165, 1.54) is 19.3 Å². The van der Waals surface area contributed by atoms with Crippen LogP contribution in [-0.2, 0) is 4.79 Å². The van der Waals surface area contributed by atoms with Crippen LogP contribution in [0.5, 0.6) is 0 Å². The van der Waals surface area contributed by atoms with Crippen LogP contribution < -0.4 is 5.32 Å². The zero-order valence-electron chi connectivity index (χ0n) is 10.7. The van der Waals surface area contributed by atoms with E-state index in [4.69, 9.17) is 5.11 Å². The number of carboxylic acids is 1. The minimum atomic E-state index is -0.660. The van der Waals surface area contributed by atoms with Gasteiger partial charge in [0.25, 0.3) is 0 Å². The van der Waals surface area contributed by atoms with Crippen LogP contribution in [0.1, 0.15) is 46.5 Å². The minimum Gasteiger partial charge on any atom is -0.481 e. The van der Waals surface area contributed by atoms with Gasteiger partial charge in [0, 0.05) is 12.6 Å². The largest absolute Gasteiger partial charge is 0.481 e. The van der Waals surface area contributed by atoms with Crippen LogP contribution in [0.15, 0.2) is 0 Å². The highest BCUT2D eigenvalue weighted by Crippen LogP contribution is 2.24. The highest BCUT2D eigenvalue weighted by molar-refractivity contribution is 5.70. The molecule has 0 heterocycles. The molecule has 3 atom stereocenters. The fourth-order valence-electron chi connectivity index (χ4n) is 2.54. The molecule has 0 aromatic rings. The first-order valence-corrected chi connectivity index (χ1v) is 6.45. The van der Waals surface area contributed by atoms with E-state index in [0.29, 0.717) is 18.5 Å². The quantitative estimate of drug-likeness (QED) is 0.733. The Balaban J connectivity index is 2.29. The molecule has 1 rings (SSSR count). The first-order valence-electron chi connectivity index (χ1n) is 6.45. The summed E-state index contributed by atoms with van der Waals surface area (Å²) in [5.41, 5.74) is 0. The lowest BCUT2D eigenvalue weighted by atomic mass is 9.97. The number of hydrogen-bond acceptors (Lipinski definition) is 2. The highest BCUT2D eigenvalue weighted by atomic mass is 16.4. The molecule has 0 aromatic carbocycles. The van der Waals surface area contributed by atoms with Crippen LogP contribution in [0.25, 0.3) is 0 Å². The fourth-order valence-corrected chi connectivity index (χ4v) is 2.54. The first-order chi connectivity index (χ1) is 7.49. The molecule has 1 aliphatic carbocycles. The lowest BCUT2D eigenvalue weighted by molar-refractivity contribution is -0.142. The second-order valence-corrected chi connectivity index (χ2v) is 5.69. The Bertz CT molecular complexity index is 228. The molecule has 1 aliphatic rings. The number of aliphatic carboxylic acids is 1. The van der Waals surface area contributed by atoms with Crippen LogP contribution in [0.4, 0.5) is 0 Å². The SMILES string of the molecule is CC(C)CC(CNC1CCC(C)C1)C(=O)O. The van der Waals surface area contributed by atoms with Gasteiger partial charge in [0.2, 0.25) is 0 Å². The standard InChI is InChI=1S/C13H25NO2/c1-9(2)6-11(13(15)16)8-14-12-5-4-10(3)7-12/h9-12,14H,4-8H2,1-3H3,(H,15,16). The van der Waals surface area contributed by atoms with Crippen molar-refractivity contribution in [1.29, 1.82) is 0 Å². The van der Waals surface area contributed by atoms with Gasteiger partial charge in [-0.2, -0.15) is 0 Å². The second kappa shape index (κ2) is 6.24. The zero-order chi connectivity index (χ0) is 12.1. The molecule has 94 valence electrons. The maximum absolute atomic E-state index is 11.1. The summed E-state index contributed by atoms with van der Waals surface area (Å²) in [5, 5.41) is 12.5. The van der Waals surface area contributed by atoms with Gasteiger partial charge >= 0.3 is 5.97 Å². The van der Waals surface area contributed by atoms with Gasteiger partial charge < -0.3 is 10.4 Å². The van der Waals surface area contributed by atoms with E-state index >= 15 is 0 Å². The average molecular weight is 227 g/mol. The molecule has 0 radical (unpaired) electrons. The van der Waals surface area contributed by atoms with Gasteiger partial charge in [0.05, 0.1) is 5.92 Å². The van der Waals surface area contributed by atoms with E-state index in [1.54, 1.807) is 0 Å². The van der Waals surface area contributed by atoms with Crippen molar-refractivity contribution in [3.05, 3.63) is 0 Å². The number of rotatable bonds is 6. The molecule has 3 nitrogen and oxygen atoms in total. The van der Waals surface area contributed by atoms with Crippen molar-refractivity contribution in [2.75, 3.05) is 6.54 Å². The molecule has 3 unspecified atom stereocenters. The zero-order valence-corrected chi connectivity index (χ0v) is 10.7. The average Bonchev–Trinajstić information content (AvgIpc) is 2.58. The molecule has 0 spiro atoms. The topological polar surface area (TPSA) is 49.3 Å². The van der Waals surface area contributed by atoms with Crippen LogP contribution in [0.3, 0.4) is 0 Å². The normalized spacial score (nSPS) is 27.2. The molecule has 0 saturated heterocycles. The van der Waals surface area contributed by atoms with E-state index in [9.17, 15) is 4.79 Å². The summed E-state index contributed by atoms with van der Waals surface area (Å²) in [6, 6.07) is 0.545. The molecule has 2 N–H and O–H groups in total. The summed E-state index contributed by atoms with van der Waals surface area (Å²) in [7, 11) is 0. The molecule has 0 aliphatic heterocycles. The highest BCUT2D eigenvalue weighted by Gasteiger charge is 2.24. The lowest BCUT2D eigenvalue weighted by Gasteiger charge is -2.18. The van der Waals surface area contributed by atoms with Gasteiger partial charge in [-0.3, -0.25) is 4.79 Å². The van der Waals surface area contributed by atoms with Gasteiger partial charge in [-0.25, -0.2) is 0 Å². The molecule has 0 aromatic heterocycles. The molecular formula is C13H25NO2. The summed E-state index contributed by atoms with van der Waals surface area (Å²) in [6.45, 7) is 7.05. The monoisotopic (exact) mass is 227 g/mol. The Kier molecular flexibility index (Phi) is 5.26. The van der Waals surface area contributed by atoms with Crippen molar-refractivity contribution in [3.8, 4) is 0 Å². The summed E-state index contributed by atoms with van der Waals surface area (Å²) in [4.78, 5) is 11.1. The van der Waals surface area contributed by atoms with Gasteiger partial charge in [-0.15, -0.1) is 0 Å². The summed E-state index contributed by atoms with van der Waals surface area (Å²) >= 11 is 0. The predicted octanol–water partition coefficient (Wildman–Crippen LogP) is 2.51. The summed E-state index contributed by atoms with van der Waals surface area (Å²) in [6.07, 6.45) is 4.45. The van der Waals surface area contributed by atoms with Crippen molar-refractivity contribution in [2.45, 2.75) is 52.5 Å². The number of carboxylic acid groups (broad SMARTS) is 1. The fraction of sp³-hybridized carbons (Fsp3) is 0.923. The first kappa shape index (κ1) is 13.5. The Morgan fingerprint density at radius 1 is 1.44 bits per heavy atom. The second-order valence-electron chi connectivity index (χ2n) is 5.69. The smallest absolute Gasteiger partial charge is 0.307 e. The van der Waals surface area contributed by atoms with Crippen molar-refractivity contribution >= 4 is 5.97 Å². The van der Waals surface area contributed by atoms with Gasteiger partial charge in [-0.05, 0) is 37.5 Å². The number of nitrogens with one attached hydrogen (secondary N) is 1. The van der Waals surface area contributed by atoms with Gasteiger partial charge in [0.1, 0.15) is 0 Å². The van der Waals surface area contributed by atoms with Crippen LogP contribution in [0.2, 0.25) is 0 Å². The number of hydrogen-bond donors (Lipinski definition) is 2. The Labute approximate surface area is 98.6 Å². The van der Waals surface area contributed by atoms with E-state index in [2.05, 4.69) is 26.1 Å². The molecular weight excluding hydrogens is 202 g/mol. The molecule has 1 fully saturated rings. The van der Waals surface area contributed by atoms with Crippen molar-refractivity contribution in [1.82, 2.24) is 5.32 Å². The third-order valence-electron chi connectivity index (χ3n) is 3.45. The number of carbonyl (C=O) groups is 1. The Hall–Kier alpha value is -0.570. The maximum atomic E-state index is 11.1. The third kappa shape index (κ3) is 4.52. The summed E-state index contributed by atoms with van der Waals surface area (Å²) < 4.78 is 0.